The molecule has 0 unspecified atom stereocenters. The van der Waals surface area contributed by atoms with E-state index in [0.29, 0.717) is 11.7 Å². The third-order valence-electron chi connectivity index (χ3n) is 1.87. The van der Waals surface area contributed by atoms with Crippen molar-refractivity contribution in [3.63, 3.8) is 0 Å². The van der Waals surface area contributed by atoms with Crippen LogP contribution in [0.3, 0.4) is 0 Å². The van der Waals surface area contributed by atoms with Crippen molar-refractivity contribution >= 4 is 22.4 Å². The van der Waals surface area contributed by atoms with Gasteiger partial charge in [0, 0.05) is 0 Å². The SMILES string of the molecule is CCN(CC)CC(=O)Nc1nncs1. The van der Waals surface area contributed by atoms with E-state index in [1.807, 2.05) is 18.7 Å². The standard InChI is InChI=1S/C8H14N4OS/c1-3-12(4-2)5-7(13)10-8-11-9-6-14-8/h6H,3-5H2,1-2H3,(H,10,11,13). The molecule has 14 heavy (non-hydrogen) atoms. The lowest BCUT2D eigenvalue weighted by atomic mass is 10.4. The first-order valence-corrected chi connectivity index (χ1v) is 5.42. The summed E-state index contributed by atoms with van der Waals surface area (Å²) in [4.78, 5) is 13.5. The topological polar surface area (TPSA) is 58.1 Å². The van der Waals surface area contributed by atoms with Crippen molar-refractivity contribution in [2.75, 3.05) is 25.0 Å². The molecule has 0 aliphatic heterocycles. The third-order valence-corrected chi connectivity index (χ3v) is 2.47. The number of carbonyl (C=O) groups excluding carboxylic acids is 1. The Morgan fingerprint density at radius 3 is 2.79 bits per heavy atom. The van der Waals surface area contributed by atoms with Gasteiger partial charge in [0.15, 0.2) is 0 Å². The first-order valence-electron chi connectivity index (χ1n) is 4.54. The monoisotopic (exact) mass is 214 g/mol. The molecule has 0 atom stereocenters. The Balaban J connectivity index is 2.35. The van der Waals surface area contributed by atoms with E-state index in [1.165, 1.54) is 11.3 Å². The Morgan fingerprint density at radius 1 is 1.57 bits per heavy atom. The van der Waals surface area contributed by atoms with Crippen LogP contribution < -0.4 is 5.32 Å². The minimum absolute atomic E-state index is 0.0366. The Hall–Kier alpha value is -1.01. The Bertz CT molecular complexity index is 271. The van der Waals surface area contributed by atoms with Crippen molar-refractivity contribution in [2.45, 2.75) is 13.8 Å². The fourth-order valence-electron chi connectivity index (χ4n) is 1.04. The van der Waals surface area contributed by atoms with Gasteiger partial charge >= 0.3 is 0 Å². The summed E-state index contributed by atoms with van der Waals surface area (Å²) in [5, 5.41) is 10.6. The van der Waals surface area contributed by atoms with Crippen LogP contribution in [0.4, 0.5) is 5.13 Å². The smallest absolute Gasteiger partial charge is 0.240 e. The predicted octanol–water partition coefficient (Wildman–Crippen LogP) is 0.818. The minimum atomic E-state index is -0.0366. The minimum Gasteiger partial charge on any atom is -0.299 e. The molecule has 1 aromatic heterocycles. The zero-order valence-corrected chi connectivity index (χ0v) is 9.17. The summed E-state index contributed by atoms with van der Waals surface area (Å²) < 4.78 is 0. The first-order chi connectivity index (χ1) is 6.76. The molecule has 1 amide bonds. The second kappa shape index (κ2) is 5.66. The van der Waals surface area contributed by atoms with Gasteiger partial charge in [0.25, 0.3) is 0 Å². The molecule has 0 aromatic carbocycles. The molecule has 5 nitrogen and oxygen atoms in total. The second-order valence-electron chi connectivity index (χ2n) is 2.75. The molecule has 1 N–H and O–H groups in total. The van der Waals surface area contributed by atoms with Crippen LogP contribution in [0, 0.1) is 0 Å². The van der Waals surface area contributed by atoms with Crippen molar-refractivity contribution in [3.05, 3.63) is 5.51 Å². The summed E-state index contributed by atoms with van der Waals surface area (Å²) in [5.41, 5.74) is 1.59. The van der Waals surface area contributed by atoms with Gasteiger partial charge in [-0.1, -0.05) is 25.2 Å². The van der Waals surface area contributed by atoms with E-state index in [0.717, 1.165) is 13.1 Å². The van der Waals surface area contributed by atoms with Crippen LogP contribution >= 0.6 is 11.3 Å². The van der Waals surface area contributed by atoms with Crippen molar-refractivity contribution in [2.24, 2.45) is 0 Å². The van der Waals surface area contributed by atoms with Crippen LogP contribution in [0.1, 0.15) is 13.8 Å². The number of rotatable bonds is 5. The quantitative estimate of drug-likeness (QED) is 0.788. The molecular weight excluding hydrogens is 200 g/mol. The van der Waals surface area contributed by atoms with E-state index in [4.69, 9.17) is 0 Å². The molecule has 1 aromatic rings. The van der Waals surface area contributed by atoms with Gasteiger partial charge in [-0.15, -0.1) is 10.2 Å². The molecule has 0 saturated heterocycles. The first kappa shape index (κ1) is 11.1. The van der Waals surface area contributed by atoms with Crippen LogP contribution in [0.15, 0.2) is 5.51 Å². The lowest BCUT2D eigenvalue weighted by Crippen LogP contribution is -2.32. The molecule has 0 bridgehead atoms. The largest absolute Gasteiger partial charge is 0.299 e. The zero-order chi connectivity index (χ0) is 10.4. The molecule has 78 valence electrons. The highest BCUT2D eigenvalue weighted by Gasteiger charge is 2.08. The highest BCUT2D eigenvalue weighted by molar-refractivity contribution is 7.13. The maximum Gasteiger partial charge on any atom is 0.240 e. The summed E-state index contributed by atoms with van der Waals surface area (Å²) in [7, 11) is 0. The van der Waals surface area contributed by atoms with Gasteiger partial charge in [-0.25, -0.2) is 0 Å². The van der Waals surface area contributed by atoms with E-state index in [1.54, 1.807) is 5.51 Å². The summed E-state index contributed by atoms with van der Waals surface area (Å²) in [6, 6.07) is 0. The van der Waals surface area contributed by atoms with Crippen LogP contribution in [0.5, 0.6) is 0 Å². The Labute approximate surface area is 87.1 Å². The van der Waals surface area contributed by atoms with E-state index < -0.39 is 0 Å². The number of anilines is 1. The van der Waals surface area contributed by atoms with Crippen molar-refractivity contribution in [1.82, 2.24) is 15.1 Å². The molecule has 1 heterocycles. The van der Waals surface area contributed by atoms with Gasteiger partial charge in [-0.3, -0.25) is 15.0 Å². The van der Waals surface area contributed by atoms with E-state index >= 15 is 0 Å². The average molecular weight is 214 g/mol. The number of hydrogen-bond donors (Lipinski definition) is 1. The third kappa shape index (κ3) is 3.39. The molecule has 0 aliphatic rings. The summed E-state index contributed by atoms with van der Waals surface area (Å²) in [6.07, 6.45) is 0. The highest BCUT2D eigenvalue weighted by Crippen LogP contribution is 2.07. The summed E-state index contributed by atoms with van der Waals surface area (Å²) in [6.45, 7) is 6.22. The number of aromatic nitrogens is 2. The van der Waals surface area contributed by atoms with Gasteiger partial charge in [-0.05, 0) is 13.1 Å². The molecule has 0 aliphatic carbocycles. The number of nitrogens with one attached hydrogen (secondary N) is 1. The molecule has 0 spiro atoms. The van der Waals surface area contributed by atoms with Gasteiger partial charge in [-0.2, -0.15) is 0 Å². The van der Waals surface area contributed by atoms with Crippen LogP contribution in [-0.2, 0) is 4.79 Å². The lowest BCUT2D eigenvalue weighted by Gasteiger charge is -2.16. The van der Waals surface area contributed by atoms with E-state index in [-0.39, 0.29) is 5.91 Å². The fraction of sp³-hybridized carbons (Fsp3) is 0.625. The number of hydrogen-bond acceptors (Lipinski definition) is 5. The predicted molar refractivity (Wildman–Crippen MR) is 56.3 cm³/mol. The molecule has 6 heteroatoms. The van der Waals surface area contributed by atoms with Gasteiger partial charge in [0.05, 0.1) is 6.54 Å². The molecule has 0 saturated carbocycles. The van der Waals surface area contributed by atoms with Gasteiger partial charge < -0.3 is 0 Å². The zero-order valence-electron chi connectivity index (χ0n) is 8.36. The summed E-state index contributed by atoms with van der Waals surface area (Å²) in [5.74, 6) is -0.0366. The van der Waals surface area contributed by atoms with E-state index in [2.05, 4.69) is 15.5 Å². The normalized spacial score (nSPS) is 10.5. The van der Waals surface area contributed by atoms with Crippen LogP contribution in [-0.4, -0.2) is 40.6 Å². The maximum atomic E-state index is 11.4. The lowest BCUT2D eigenvalue weighted by molar-refractivity contribution is -0.117. The van der Waals surface area contributed by atoms with Crippen molar-refractivity contribution < 1.29 is 4.79 Å². The summed E-state index contributed by atoms with van der Waals surface area (Å²) >= 11 is 1.32. The molecule has 0 fully saturated rings. The van der Waals surface area contributed by atoms with E-state index in [9.17, 15) is 4.79 Å². The number of amides is 1. The van der Waals surface area contributed by atoms with Crippen LogP contribution in [0.25, 0.3) is 0 Å². The molecule has 1 rings (SSSR count). The number of nitrogens with zero attached hydrogens (tertiary/aromatic N) is 3. The highest BCUT2D eigenvalue weighted by atomic mass is 32.1. The second-order valence-corrected chi connectivity index (χ2v) is 3.59. The molecule has 0 radical (unpaired) electrons. The van der Waals surface area contributed by atoms with Gasteiger partial charge in [0.2, 0.25) is 11.0 Å². The molecular formula is C8H14N4OS. The fourth-order valence-corrected chi connectivity index (χ4v) is 1.50. The maximum absolute atomic E-state index is 11.4. The average Bonchev–Trinajstić information content (AvgIpc) is 2.66. The van der Waals surface area contributed by atoms with Crippen molar-refractivity contribution in [1.29, 1.82) is 0 Å². The van der Waals surface area contributed by atoms with Crippen molar-refractivity contribution in [3.8, 4) is 0 Å². The van der Waals surface area contributed by atoms with Crippen LogP contribution in [0.2, 0.25) is 0 Å². The number of carbonyl (C=O) groups is 1. The number of likely N-dealkylation sites (N-methyl/N-ethyl adjacent to an activating group) is 1. The Kier molecular flexibility index (Phi) is 4.48. The Morgan fingerprint density at radius 2 is 2.29 bits per heavy atom. The van der Waals surface area contributed by atoms with Gasteiger partial charge in [0.1, 0.15) is 5.51 Å².